The van der Waals surface area contributed by atoms with Crippen LogP contribution in [0.4, 0.5) is 5.82 Å². The van der Waals surface area contributed by atoms with Crippen molar-refractivity contribution >= 4 is 17.0 Å². The minimum absolute atomic E-state index is 0.666. The molecule has 5 nitrogen and oxygen atoms in total. The Labute approximate surface area is 187 Å². The van der Waals surface area contributed by atoms with E-state index >= 15 is 0 Å². The molecule has 0 atom stereocenters. The second-order valence-electron chi connectivity index (χ2n) is 7.35. The lowest BCUT2D eigenvalue weighted by atomic mass is 9.90. The standard InChI is InChI=1S/C27H21N5/c1-20-11-16-31(26-27(30-14-13-29-26)32-18-15-28-19-32)17-12-21(2)23-8-4-6-10-25(23)24-9-5-3-7-22(20)24/h3-19H,1-2H2/b16-11-,17-12?. The first-order chi connectivity index (χ1) is 15.7. The van der Waals surface area contributed by atoms with Crippen molar-refractivity contribution in [1.82, 2.24) is 19.5 Å². The van der Waals surface area contributed by atoms with E-state index in [4.69, 9.17) is 0 Å². The summed E-state index contributed by atoms with van der Waals surface area (Å²) in [5.74, 6) is 1.34. The topological polar surface area (TPSA) is 46.8 Å². The highest BCUT2D eigenvalue weighted by Crippen LogP contribution is 2.35. The minimum Gasteiger partial charge on any atom is -0.306 e. The minimum atomic E-state index is 0.666. The number of hydrogen-bond acceptors (Lipinski definition) is 4. The van der Waals surface area contributed by atoms with Crippen molar-refractivity contribution in [2.45, 2.75) is 0 Å². The van der Waals surface area contributed by atoms with Crippen molar-refractivity contribution in [2.75, 3.05) is 4.90 Å². The zero-order valence-electron chi connectivity index (χ0n) is 17.5. The second-order valence-corrected chi connectivity index (χ2v) is 7.35. The monoisotopic (exact) mass is 415 g/mol. The number of rotatable bonds is 2. The Morgan fingerprint density at radius 1 is 0.625 bits per heavy atom. The Morgan fingerprint density at radius 3 is 1.69 bits per heavy atom. The third-order valence-corrected chi connectivity index (χ3v) is 5.36. The van der Waals surface area contributed by atoms with Gasteiger partial charge in [-0.05, 0) is 45.6 Å². The van der Waals surface area contributed by atoms with Crippen LogP contribution in [0.5, 0.6) is 0 Å². The van der Waals surface area contributed by atoms with Gasteiger partial charge in [-0.15, -0.1) is 0 Å². The number of fused-ring (bicyclic) bond motifs is 3. The first-order valence-corrected chi connectivity index (χ1v) is 10.2. The van der Waals surface area contributed by atoms with Crippen LogP contribution >= 0.6 is 0 Å². The zero-order chi connectivity index (χ0) is 21.9. The predicted molar refractivity (Wildman–Crippen MR) is 130 cm³/mol. The van der Waals surface area contributed by atoms with Crippen molar-refractivity contribution in [3.05, 3.63) is 128 Å². The van der Waals surface area contributed by atoms with Gasteiger partial charge in [-0.3, -0.25) is 4.57 Å². The van der Waals surface area contributed by atoms with Gasteiger partial charge in [-0.2, -0.15) is 0 Å². The van der Waals surface area contributed by atoms with Crippen LogP contribution in [0.25, 0.3) is 28.1 Å². The fourth-order valence-electron chi connectivity index (χ4n) is 3.78. The molecule has 5 heteroatoms. The molecule has 0 saturated heterocycles. The Morgan fingerprint density at radius 2 is 1.16 bits per heavy atom. The fourth-order valence-corrected chi connectivity index (χ4v) is 3.78. The third-order valence-electron chi connectivity index (χ3n) is 5.36. The Hall–Kier alpha value is -4.51. The number of imidazole rings is 1. The molecule has 2 aromatic heterocycles. The maximum absolute atomic E-state index is 4.60. The van der Waals surface area contributed by atoms with E-state index < -0.39 is 0 Å². The molecule has 0 bridgehead atoms. The summed E-state index contributed by atoms with van der Waals surface area (Å²) in [4.78, 5) is 15.2. The van der Waals surface area contributed by atoms with Crippen LogP contribution in [-0.2, 0) is 0 Å². The molecule has 3 heterocycles. The van der Waals surface area contributed by atoms with Crippen LogP contribution in [0.2, 0.25) is 0 Å². The summed E-state index contributed by atoms with van der Waals surface area (Å²) in [7, 11) is 0. The van der Waals surface area contributed by atoms with E-state index in [-0.39, 0.29) is 0 Å². The van der Waals surface area contributed by atoms with Gasteiger partial charge in [-0.1, -0.05) is 61.7 Å². The SMILES string of the molecule is C=C1C=CN(c2nccnc2-n2ccnc2)/C=C\C(=C)c2ccccc2-c2ccccc21. The van der Waals surface area contributed by atoms with Crippen LogP contribution in [0.1, 0.15) is 11.1 Å². The fraction of sp³-hybridized carbons (Fsp3) is 0. The number of nitrogens with zero attached hydrogens (tertiary/aromatic N) is 5. The van der Waals surface area contributed by atoms with Crippen LogP contribution < -0.4 is 4.90 Å². The van der Waals surface area contributed by atoms with Crippen LogP contribution in [-0.4, -0.2) is 19.5 Å². The summed E-state index contributed by atoms with van der Waals surface area (Å²) in [5, 5.41) is 0. The van der Waals surface area contributed by atoms with Gasteiger partial charge in [0.15, 0.2) is 11.6 Å². The van der Waals surface area contributed by atoms with Crippen LogP contribution in [0.15, 0.2) is 117 Å². The summed E-state index contributed by atoms with van der Waals surface area (Å²) in [5.41, 5.74) is 6.18. The molecule has 0 fully saturated rings. The molecule has 154 valence electrons. The normalized spacial score (nSPS) is 14.4. The van der Waals surface area contributed by atoms with Gasteiger partial charge >= 0.3 is 0 Å². The summed E-state index contributed by atoms with van der Waals surface area (Å²) < 4.78 is 1.84. The number of aromatic nitrogens is 4. The van der Waals surface area contributed by atoms with Gasteiger partial charge in [0.05, 0.1) is 0 Å². The second kappa shape index (κ2) is 8.32. The van der Waals surface area contributed by atoms with E-state index in [2.05, 4.69) is 52.4 Å². The van der Waals surface area contributed by atoms with Gasteiger partial charge in [0.25, 0.3) is 0 Å². The molecule has 0 aliphatic carbocycles. The molecule has 0 unspecified atom stereocenters. The molecule has 2 aromatic carbocycles. The molecule has 32 heavy (non-hydrogen) atoms. The largest absolute Gasteiger partial charge is 0.306 e. The first kappa shape index (κ1) is 19.5. The van der Waals surface area contributed by atoms with E-state index in [0.29, 0.717) is 11.6 Å². The predicted octanol–water partition coefficient (Wildman–Crippen LogP) is 5.90. The maximum Gasteiger partial charge on any atom is 0.182 e. The molecular weight excluding hydrogens is 394 g/mol. The van der Waals surface area contributed by atoms with Crippen LogP contribution in [0, 0.1) is 0 Å². The molecule has 1 aliphatic rings. The van der Waals surface area contributed by atoms with Gasteiger partial charge in [0.1, 0.15) is 6.33 Å². The highest BCUT2D eigenvalue weighted by atomic mass is 15.2. The van der Waals surface area contributed by atoms with Crippen molar-refractivity contribution in [1.29, 1.82) is 0 Å². The van der Waals surface area contributed by atoms with E-state index in [1.807, 2.05) is 64.5 Å². The Balaban J connectivity index is 1.69. The molecular formula is C27H21N5. The van der Waals surface area contributed by atoms with E-state index in [0.717, 1.165) is 33.4 Å². The molecule has 1 aliphatic heterocycles. The maximum atomic E-state index is 4.60. The van der Waals surface area contributed by atoms with Gasteiger partial charge in [0, 0.05) is 37.2 Å². The van der Waals surface area contributed by atoms with Crippen molar-refractivity contribution in [2.24, 2.45) is 0 Å². The molecule has 0 N–H and O–H groups in total. The van der Waals surface area contributed by atoms with Crippen molar-refractivity contribution in [3.63, 3.8) is 0 Å². The highest BCUT2D eigenvalue weighted by molar-refractivity contribution is 5.91. The lowest BCUT2D eigenvalue weighted by Gasteiger charge is -2.18. The highest BCUT2D eigenvalue weighted by Gasteiger charge is 2.15. The number of allylic oxidation sites excluding steroid dienone is 4. The third kappa shape index (κ3) is 3.56. The van der Waals surface area contributed by atoms with Crippen LogP contribution in [0.3, 0.4) is 0 Å². The smallest absolute Gasteiger partial charge is 0.182 e. The molecule has 0 saturated carbocycles. The number of hydrogen-bond donors (Lipinski definition) is 0. The molecule has 4 aromatic rings. The van der Waals surface area contributed by atoms with Crippen molar-refractivity contribution < 1.29 is 0 Å². The first-order valence-electron chi connectivity index (χ1n) is 10.2. The zero-order valence-corrected chi connectivity index (χ0v) is 17.5. The summed E-state index contributed by atoms with van der Waals surface area (Å²) >= 11 is 0. The average Bonchev–Trinajstić information content (AvgIpc) is 3.38. The molecule has 0 spiro atoms. The average molecular weight is 416 g/mol. The Bertz CT molecular complexity index is 1290. The number of anilines is 1. The quantitative estimate of drug-likeness (QED) is 0.409. The molecule has 0 amide bonds. The van der Waals surface area contributed by atoms with Gasteiger partial charge in [0.2, 0.25) is 0 Å². The Kier molecular flexibility index (Phi) is 5.06. The summed E-state index contributed by atoms with van der Waals surface area (Å²) in [6, 6.07) is 16.6. The van der Waals surface area contributed by atoms with Crippen molar-refractivity contribution in [3.8, 4) is 16.9 Å². The summed E-state index contributed by atoms with van der Waals surface area (Å²) in [6.45, 7) is 8.68. The van der Waals surface area contributed by atoms with E-state index in [1.165, 1.54) is 0 Å². The van der Waals surface area contributed by atoms with E-state index in [9.17, 15) is 0 Å². The summed E-state index contributed by atoms with van der Waals surface area (Å²) in [6.07, 6.45) is 16.5. The lowest BCUT2D eigenvalue weighted by Crippen LogP contribution is -2.13. The van der Waals surface area contributed by atoms with Gasteiger partial charge < -0.3 is 4.90 Å². The van der Waals surface area contributed by atoms with Gasteiger partial charge in [-0.25, -0.2) is 15.0 Å². The van der Waals surface area contributed by atoms with E-state index in [1.54, 1.807) is 24.9 Å². The lowest BCUT2D eigenvalue weighted by molar-refractivity contribution is 0.956. The number of benzene rings is 2. The molecule has 0 radical (unpaired) electrons. The molecule has 5 rings (SSSR count).